The molecule has 0 N–H and O–H groups in total. The summed E-state index contributed by atoms with van der Waals surface area (Å²) in [7, 11) is 1.37. The van der Waals surface area contributed by atoms with Crippen molar-refractivity contribution in [1.82, 2.24) is 4.98 Å². The molecule has 2 heterocycles. The van der Waals surface area contributed by atoms with Crippen molar-refractivity contribution in [2.75, 3.05) is 13.7 Å². The number of aromatic nitrogens is 1. The molecule has 7 nitrogen and oxygen atoms in total. The lowest BCUT2D eigenvalue weighted by molar-refractivity contribution is -0.141. The summed E-state index contributed by atoms with van der Waals surface area (Å²) in [4.78, 5) is 16.3. The van der Waals surface area contributed by atoms with E-state index in [1.165, 1.54) is 13.2 Å². The van der Waals surface area contributed by atoms with Crippen LogP contribution in [0.1, 0.15) is 52.8 Å². The quantitative estimate of drug-likeness (QED) is 0.230. The predicted molar refractivity (Wildman–Crippen MR) is 149 cm³/mol. The van der Waals surface area contributed by atoms with Crippen molar-refractivity contribution in [2.45, 2.75) is 38.2 Å². The molecule has 2 aliphatic rings. The molecule has 2 atom stereocenters. The molecule has 41 heavy (non-hydrogen) atoms. The molecular formula is C33H27FN2O5. The highest BCUT2D eigenvalue weighted by atomic mass is 19.1. The number of nitriles is 1. The van der Waals surface area contributed by atoms with Crippen molar-refractivity contribution in [2.24, 2.45) is 0 Å². The summed E-state index contributed by atoms with van der Waals surface area (Å²) in [5.41, 5.74) is 4.92. The van der Waals surface area contributed by atoms with Gasteiger partial charge in [-0.2, -0.15) is 5.26 Å². The molecule has 4 aromatic rings. The van der Waals surface area contributed by atoms with E-state index in [4.69, 9.17) is 18.9 Å². The second-order valence-electron chi connectivity index (χ2n) is 10.2. The monoisotopic (exact) mass is 550 g/mol. The maximum atomic E-state index is 15.1. The molecule has 0 spiro atoms. The number of nitrogens with zero attached hydrogens (tertiary/aromatic N) is 2. The van der Waals surface area contributed by atoms with Gasteiger partial charge in [0.05, 0.1) is 31.4 Å². The third-order valence-electron chi connectivity index (χ3n) is 7.53. The smallest absolute Gasteiger partial charge is 0.306 e. The van der Waals surface area contributed by atoms with E-state index in [2.05, 4.69) is 11.1 Å². The van der Waals surface area contributed by atoms with Gasteiger partial charge in [-0.05, 0) is 68.3 Å². The highest BCUT2D eigenvalue weighted by Crippen LogP contribution is 2.45. The van der Waals surface area contributed by atoms with E-state index in [-0.39, 0.29) is 24.1 Å². The van der Waals surface area contributed by atoms with Crippen molar-refractivity contribution in [1.29, 1.82) is 5.26 Å². The Hall–Kier alpha value is -4.90. The highest BCUT2D eigenvalue weighted by molar-refractivity contribution is 5.71. The van der Waals surface area contributed by atoms with Crippen molar-refractivity contribution in [3.63, 3.8) is 0 Å². The van der Waals surface area contributed by atoms with Gasteiger partial charge in [0.25, 0.3) is 0 Å². The second kappa shape index (κ2) is 10.9. The van der Waals surface area contributed by atoms with Crippen molar-refractivity contribution >= 4 is 5.97 Å². The largest absolute Gasteiger partial charge is 0.492 e. The summed E-state index contributed by atoms with van der Waals surface area (Å²) in [6, 6.07) is 21.7. The van der Waals surface area contributed by atoms with Crippen LogP contribution in [0.4, 0.5) is 4.39 Å². The zero-order chi connectivity index (χ0) is 28.5. The van der Waals surface area contributed by atoms with Gasteiger partial charge < -0.3 is 18.9 Å². The fraction of sp³-hybridized carbons (Fsp3) is 0.242. The minimum Gasteiger partial charge on any atom is -0.492 e. The Labute approximate surface area is 237 Å². The first kappa shape index (κ1) is 26.3. The summed E-state index contributed by atoms with van der Waals surface area (Å²) in [6.45, 7) is 2.31. The first-order valence-electron chi connectivity index (χ1n) is 13.4. The van der Waals surface area contributed by atoms with Crippen LogP contribution >= 0.6 is 0 Å². The summed E-state index contributed by atoms with van der Waals surface area (Å²) in [6.07, 6.45) is 0.859. The number of halogens is 1. The third-order valence-corrected chi connectivity index (χ3v) is 7.53. The van der Waals surface area contributed by atoms with Crippen LogP contribution in [0.15, 0.2) is 66.7 Å². The van der Waals surface area contributed by atoms with Crippen molar-refractivity contribution in [3.8, 4) is 40.3 Å². The zero-order valence-corrected chi connectivity index (χ0v) is 22.6. The van der Waals surface area contributed by atoms with Gasteiger partial charge in [-0.1, -0.05) is 12.1 Å². The van der Waals surface area contributed by atoms with Gasteiger partial charge in [-0.3, -0.25) is 9.78 Å². The molecule has 0 saturated carbocycles. The molecule has 0 fully saturated rings. The molecule has 206 valence electrons. The van der Waals surface area contributed by atoms with E-state index in [1.807, 2.05) is 43.3 Å². The fourth-order valence-electron chi connectivity index (χ4n) is 5.49. The predicted octanol–water partition coefficient (Wildman–Crippen LogP) is 6.97. The lowest BCUT2D eigenvalue weighted by Crippen LogP contribution is -2.09. The molecular weight excluding hydrogens is 523 g/mol. The summed E-state index contributed by atoms with van der Waals surface area (Å²) in [5.74, 6) is 1.36. The van der Waals surface area contributed by atoms with Crippen LogP contribution in [-0.4, -0.2) is 24.7 Å². The second-order valence-corrected chi connectivity index (χ2v) is 10.2. The van der Waals surface area contributed by atoms with E-state index in [0.717, 1.165) is 28.1 Å². The van der Waals surface area contributed by atoms with Crippen LogP contribution in [0, 0.1) is 24.1 Å². The van der Waals surface area contributed by atoms with Crippen LogP contribution < -0.4 is 14.2 Å². The normalized spacial score (nSPS) is 16.7. The molecule has 6 rings (SSSR count). The molecule has 1 aliphatic carbocycles. The van der Waals surface area contributed by atoms with Gasteiger partial charge in [0, 0.05) is 39.9 Å². The minimum atomic E-state index is -0.510. The van der Waals surface area contributed by atoms with Gasteiger partial charge in [0.1, 0.15) is 41.0 Å². The number of esters is 1. The SMILES string of the molecule is COC(=O)C[C@@H]1COc2cc(O[C@@H]3CCc4c(Oc5ccc(-c6cccc(C)n6)cc5C#N)ccc(F)c43)ccc21. The Morgan fingerprint density at radius 1 is 1.12 bits per heavy atom. The van der Waals surface area contributed by atoms with Crippen molar-refractivity contribution in [3.05, 3.63) is 100 Å². The maximum Gasteiger partial charge on any atom is 0.306 e. The molecule has 1 aromatic heterocycles. The molecule has 0 unspecified atom stereocenters. The van der Waals surface area contributed by atoms with E-state index in [0.29, 0.717) is 53.6 Å². The lowest BCUT2D eigenvalue weighted by Gasteiger charge is -2.17. The van der Waals surface area contributed by atoms with Gasteiger partial charge >= 0.3 is 5.97 Å². The van der Waals surface area contributed by atoms with Gasteiger partial charge in [0.15, 0.2) is 0 Å². The topological polar surface area (TPSA) is 90.7 Å². The number of rotatable bonds is 7. The number of pyridine rings is 1. The molecule has 0 radical (unpaired) electrons. The first-order chi connectivity index (χ1) is 19.9. The van der Waals surface area contributed by atoms with Gasteiger partial charge in [-0.15, -0.1) is 0 Å². The average Bonchev–Trinajstić information content (AvgIpc) is 3.59. The Morgan fingerprint density at radius 2 is 1.98 bits per heavy atom. The molecule has 0 bridgehead atoms. The van der Waals surface area contributed by atoms with E-state index in [9.17, 15) is 10.1 Å². The molecule has 1 aliphatic heterocycles. The molecule has 8 heteroatoms. The first-order valence-corrected chi connectivity index (χ1v) is 13.4. The van der Waals surface area contributed by atoms with Crippen LogP contribution in [0.25, 0.3) is 11.3 Å². The Balaban J connectivity index is 1.23. The maximum absolute atomic E-state index is 15.1. The third kappa shape index (κ3) is 5.19. The number of methoxy groups -OCH3 is 1. The highest BCUT2D eigenvalue weighted by Gasteiger charge is 2.32. The summed E-state index contributed by atoms with van der Waals surface area (Å²) < 4.78 is 38.2. The Morgan fingerprint density at radius 3 is 2.78 bits per heavy atom. The number of hydrogen-bond donors (Lipinski definition) is 0. The number of aryl methyl sites for hydroxylation is 1. The number of carbonyl (C=O) groups is 1. The van der Waals surface area contributed by atoms with Crippen molar-refractivity contribution < 1.29 is 28.1 Å². The van der Waals surface area contributed by atoms with Crippen LogP contribution in [0.3, 0.4) is 0 Å². The van der Waals surface area contributed by atoms with Gasteiger partial charge in [0.2, 0.25) is 0 Å². The molecule has 0 amide bonds. The van der Waals surface area contributed by atoms with Crippen LogP contribution in [0.5, 0.6) is 23.0 Å². The number of hydrogen-bond acceptors (Lipinski definition) is 7. The number of ether oxygens (including phenoxy) is 4. The van der Waals surface area contributed by atoms with Crippen LogP contribution in [-0.2, 0) is 16.0 Å². The minimum absolute atomic E-state index is 0.0729. The zero-order valence-electron chi connectivity index (χ0n) is 22.6. The number of fused-ring (bicyclic) bond motifs is 2. The van der Waals surface area contributed by atoms with E-state index in [1.54, 1.807) is 24.3 Å². The molecule has 3 aromatic carbocycles. The molecule has 0 saturated heterocycles. The standard InChI is InChI=1S/C33H27FN2O5/c1-19-4-3-5-27(36-19)20-6-11-28(21(14-20)17-35)41-29-13-10-26(34)33-25(29)9-12-30(33)40-23-7-8-24-22(15-32(37)38-2)18-39-31(24)16-23/h3-8,10-11,13-14,16,22,30H,9,12,15,18H2,1-2H3/t22-,30-/m1/s1. The average molecular weight is 551 g/mol. The van der Waals surface area contributed by atoms with E-state index >= 15 is 4.39 Å². The fourth-order valence-corrected chi connectivity index (χ4v) is 5.49. The summed E-state index contributed by atoms with van der Waals surface area (Å²) >= 11 is 0. The lowest BCUT2D eigenvalue weighted by atomic mass is 9.98. The van der Waals surface area contributed by atoms with Crippen LogP contribution in [0.2, 0.25) is 0 Å². The summed E-state index contributed by atoms with van der Waals surface area (Å²) in [5, 5.41) is 9.84. The Kier molecular flexibility index (Phi) is 7.02. The van der Waals surface area contributed by atoms with E-state index < -0.39 is 6.10 Å². The number of carbonyl (C=O) groups excluding carboxylic acids is 1. The Bertz CT molecular complexity index is 1700. The van der Waals surface area contributed by atoms with Gasteiger partial charge in [-0.25, -0.2) is 4.39 Å². The number of benzene rings is 3.